The van der Waals surface area contributed by atoms with Gasteiger partial charge in [-0.05, 0) is 24.1 Å². The Morgan fingerprint density at radius 2 is 2.32 bits per heavy atom. The van der Waals surface area contributed by atoms with Gasteiger partial charge >= 0.3 is 0 Å². The Morgan fingerprint density at radius 1 is 1.50 bits per heavy atom. The molecule has 3 unspecified atom stereocenters. The lowest BCUT2D eigenvalue weighted by Crippen LogP contribution is -2.49. The maximum absolute atomic E-state index is 13.2. The number of nitrogens with zero attached hydrogens (tertiary/aromatic N) is 1. The summed E-state index contributed by atoms with van der Waals surface area (Å²) in [4.78, 5) is 14.2. The SMILES string of the molecule is O=C(C1CC(O)CN1)N1CCOC(c2ccc(F)c(Cl)c2)C1. The summed E-state index contributed by atoms with van der Waals surface area (Å²) in [5.41, 5.74) is 0.753. The molecule has 7 heteroatoms. The first-order chi connectivity index (χ1) is 10.5. The van der Waals surface area contributed by atoms with Crippen LogP contribution in [0, 0.1) is 5.82 Å². The van der Waals surface area contributed by atoms with Crippen molar-refractivity contribution in [3.8, 4) is 0 Å². The number of carbonyl (C=O) groups is 1. The molecule has 1 aromatic rings. The van der Waals surface area contributed by atoms with Crippen LogP contribution in [0.15, 0.2) is 18.2 Å². The van der Waals surface area contributed by atoms with Gasteiger partial charge in [-0.2, -0.15) is 0 Å². The van der Waals surface area contributed by atoms with Gasteiger partial charge in [0.05, 0.1) is 30.3 Å². The standard InChI is InChI=1S/C15H18ClFN2O3/c16-11-5-9(1-2-12(11)17)14-8-19(3-4-22-14)15(21)13-6-10(20)7-18-13/h1-2,5,10,13-14,18,20H,3-4,6-8H2. The second kappa shape index (κ2) is 6.50. The van der Waals surface area contributed by atoms with Gasteiger partial charge in [-0.25, -0.2) is 4.39 Å². The zero-order valence-corrected chi connectivity index (χ0v) is 12.7. The Bertz CT molecular complexity index is 572. The lowest BCUT2D eigenvalue weighted by Gasteiger charge is -2.34. The first-order valence-electron chi connectivity index (χ1n) is 7.31. The largest absolute Gasteiger partial charge is 0.392 e. The van der Waals surface area contributed by atoms with Crippen LogP contribution in [0.5, 0.6) is 0 Å². The molecule has 2 N–H and O–H groups in total. The predicted molar refractivity (Wildman–Crippen MR) is 79.1 cm³/mol. The highest BCUT2D eigenvalue weighted by Gasteiger charge is 2.34. The smallest absolute Gasteiger partial charge is 0.239 e. The second-order valence-corrected chi connectivity index (χ2v) is 6.07. The fraction of sp³-hybridized carbons (Fsp3) is 0.533. The van der Waals surface area contributed by atoms with E-state index in [-0.39, 0.29) is 23.1 Å². The highest BCUT2D eigenvalue weighted by molar-refractivity contribution is 6.30. The molecule has 1 amide bonds. The summed E-state index contributed by atoms with van der Waals surface area (Å²) in [6.07, 6.45) is -0.354. The highest BCUT2D eigenvalue weighted by atomic mass is 35.5. The molecular weight excluding hydrogens is 311 g/mol. The van der Waals surface area contributed by atoms with Crippen LogP contribution in [0.1, 0.15) is 18.1 Å². The molecule has 2 saturated heterocycles. The molecule has 2 aliphatic rings. The van der Waals surface area contributed by atoms with Gasteiger partial charge in [0.2, 0.25) is 5.91 Å². The number of aliphatic hydroxyl groups excluding tert-OH is 1. The molecule has 0 saturated carbocycles. The van der Waals surface area contributed by atoms with Gasteiger partial charge in [-0.15, -0.1) is 0 Å². The number of rotatable bonds is 2. The van der Waals surface area contributed by atoms with Gasteiger partial charge in [-0.3, -0.25) is 4.79 Å². The van der Waals surface area contributed by atoms with Crippen molar-refractivity contribution in [2.24, 2.45) is 0 Å². The number of nitrogens with one attached hydrogen (secondary N) is 1. The van der Waals surface area contributed by atoms with Crippen LogP contribution in [-0.2, 0) is 9.53 Å². The van der Waals surface area contributed by atoms with Crippen LogP contribution in [0.3, 0.4) is 0 Å². The van der Waals surface area contributed by atoms with Crippen molar-refractivity contribution in [2.75, 3.05) is 26.2 Å². The number of halogens is 2. The second-order valence-electron chi connectivity index (χ2n) is 5.67. The van der Waals surface area contributed by atoms with E-state index in [4.69, 9.17) is 16.3 Å². The lowest BCUT2D eigenvalue weighted by molar-refractivity contribution is -0.141. The maximum Gasteiger partial charge on any atom is 0.239 e. The van der Waals surface area contributed by atoms with Crippen molar-refractivity contribution in [3.63, 3.8) is 0 Å². The number of β-amino-alcohol motifs (C(OH)–C–C–N with tert-alkyl or cyclic N) is 1. The van der Waals surface area contributed by atoms with E-state index < -0.39 is 11.9 Å². The lowest BCUT2D eigenvalue weighted by atomic mass is 10.1. The molecule has 0 spiro atoms. The summed E-state index contributed by atoms with van der Waals surface area (Å²) < 4.78 is 18.9. The zero-order chi connectivity index (χ0) is 15.7. The van der Waals surface area contributed by atoms with Gasteiger partial charge in [0, 0.05) is 13.1 Å². The average molecular weight is 329 g/mol. The summed E-state index contributed by atoms with van der Waals surface area (Å²) in [6.45, 7) is 1.77. The number of hydrogen-bond donors (Lipinski definition) is 2. The van der Waals surface area contributed by atoms with Crippen molar-refractivity contribution >= 4 is 17.5 Å². The van der Waals surface area contributed by atoms with E-state index in [2.05, 4.69) is 5.32 Å². The molecule has 0 aromatic heterocycles. The number of benzene rings is 1. The molecule has 3 rings (SSSR count). The molecule has 2 heterocycles. The normalized spacial score (nSPS) is 28.9. The Kier molecular flexibility index (Phi) is 4.63. The number of amides is 1. The number of ether oxygens (including phenoxy) is 1. The quantitative estimate of drug-likeness (QED) is 0.853. The summed E-state index contributed by atoms with van der Waals surface area (Å²) in [7, 11) is 0. The fourth-order valence-corrected chi connectivity index (χ4v) is 3.08. The van der Waals surface area contributed by atoms with Crippen molar-refractivity contribution in [1.82, 2.24) is 10.2 Å². The Morgan fingerprint density at radius 3 is 3.00 bits per heavy atom. The molecule has 22 heavy (non-hydrogen) atoms. The molecule has 5 nitrogen and oxygen atoms in total. The van der Waals surface area contributed by atoms with Crippen molar-refractivity contribution < 1.29 is 19.0 Å². The van der Waals surface area contributed by atoms with E-state index in [0.717, 1.165) is 5.56 Å². The predicted octanol–water partition coefficient (Wildman–Crippen LogP) is 1.10. The summed E-state index contributed by atoms with van der Waals surface area (Å²) in [5, 5.41) is 12.6. The van der Waals surface area contributed by atoms with E-state index in [1.165, 1.54) is 12.1 Å². The molecule has 0 radical (unpaired) electrons. The van der Waals surface area contributed by atoms with Crippen molar-refractivity contribution in [2.45, 2.75) is 24.7 Å². The van der Waals surface area contributed by atoms with E-state index in [0.29, 0.717) is 32.7 Å². The number of hydrogen-bond acceptors (Lipinski definition) is 4. The minimum Gasteiger partial charge on any atom is -0.392 e. The van der Waals surface area contributed by atoms with E-state index in [1.54, 1.807) is 11.0 Å². The Hall–Kier alpha value is -1.21. The minimum absolute atomic E-state index is 0.0296. The molecule has 2 fully saturated rings. The Balaban J connectivity index is 1.68. The van der Waals surface area contributed by atoms with E-state index >= 15 is 0 Å². The first kappa shape index (κ1) is 15.7. The van der Waals surface area contributed by atoms with Crippen LogP contribution in [0.25, 0.3) is 0 Å². The molecule has 1 aromatic carbocycles. The molecular formula is C15H18ClFN2O3. The van der Waals surface area contributed by atoms with Crippen LogP contribution < -0.4 is 5.32 Å². The van der Waals surface area contributed by atoms with E-state index in [1.807, 2.05) is 0 Å². The third-order valence-electron chi connectivity index (χ3n) is 4.10. The van der Waals surface area contributed by atoms with Crippen molar-refractivity contribution in [1.29, 1.82) is 0 Å². The monoisotopic (exact) mass is 328 g/mol. The number of morpholine rings is 1. The maximum atomic E-state index is 13.2. The number of aliphatic hydroxyl groups is 1. The fourth-order valence-electron chi connectivity index (χ4n) is 2.89. The Labute approximate surface area is 133 Å². The van der Waals surface area contributed by atoms with Crippen molar-refractivity contribution in [3.05, 3.63) is 34.6 Å². The molecule has 0 bridgehead atoms. The van der Waals surface area contributed by atoms with Gasteiger partial charge in [0.15, 0.2) is 0 Å². The number of carbonyl (C=O) groups excluding carboxylic acids is 1. The van der Waals surface area contributed by atoms with Gasteiger partial charge < -0.3 is 20.1 Å². The zero-order valence-electron chi connectivity index (χ0n) is 12.0. The summed E-state index contributed by atoms with van der Waals surface area (Å²) in [5.74, 6) is -0.503. The van der Waals surface area contributed by atoms with Gasteiger partial charge in [-0.1, -0.05) is 17.7 Å². The highest BCUT2D eigenvalue weighted by Crippen LogP contribution is 2.26. The molecule has 120 valence electrons. The topological polar surface area (TPSA) is 61.8 Å². The molecule has 0 aliphatic carbocycles. The van der Waals surface area contributed by atoms with E-state index in [9.17, 15) is 14.3 Å². The summed E-state index contributed by atoms with van der Waals surface area (Å²) in [6, 6.07) is 4.12. The summed E-state index contributed by atoms with van der Waals surface area (Å²) >= 11 is 5.80. The van der Waals surface area contributed by atoms with Crippen LogP contribution >= 0.6 is 11.6 Å². The minimum atomic E-state index is -0.474. The third kappa shape index (κ3) is 3.25. The average Bonchev–Trinajstić information content (AvgIpc) is 2.96. The van der Waals surface area contributed by atoms with Crippen LogP contribution in [-0.4, -0.2) is 54.3 Å². The molecule has 3 atom stereocenters. The first-order valence-corrected chi connectivity index (χ1v) is 7.69. The van der Waals surface area contributed by atoms with Crippen LogP contribution in [0.2, 0.25) is 5.02 Å². The van der Waals surface area contributed by atoms with Gasteiger partial charge in [0.1, 0.15) is 11.9 Å². The molecule has 2 aliphatic heterocycles. The van der Waals surface area contributed by atoms with Gasteiger partial charge in [0.25, 0.3) is 0 Å². The van der Waals surface area contributed by atoms with Crippen LogP contribution in [0.4, 0.5) is 4.39 Å². The third-order valence-corrected chi connectivity index (χ3v) is 4.39.